The van der Waals surface area contributed by atoms with Crippen LogP contribution < -0.4 is 4.74 Å². The maximum Gasteiger partial charge on any atom is 0.131 e. The van der Waals surface area contributed by atoms with Crippen LogP contribution in [0.4, 0.5) is 4.39 Å². The molecule has 114 valence electrons. The Morgan fingerprint density at radius 1 is 1.29 bits per heavy atom. The number of halogens is 3. The molecule has 3 nitrogen and oxygen atoms in total. The lowest BCUT2D eigenvalue weighted by molar-refractivity contribution is 0.290. The summed E-state index contributed by atoms with van der Waals surface area (Å²) < 4.78 is 22.1. The van der Waals surface area contributed by atoms with Crippen molar-refractivity contribution in [2.75, 3.05) is 0 Å². The zero-order chi connectivity index (χ0) is 15.4. The van der Waals surface area contributed by atoms with Gasteiger partial charge in [-0.05, 0) is 47.0 Å². The maximum absolute atomic E-state index is 13.5. The number of rotatable bonds is 6. The summed E-state index contributed by atoms with van der Waals surface area (Å²) in [4.78, 5) is 0. The topological polar surface area (TPSA) is 27.1 Å². The van der Waals surface area contributed by atoms with Gasteiger partial charge in [-0.25, -0.2) is 4.39 Å². The molecule has 0 aliphatic carbocycles. The molecule has 0 aliphatic heterocycles. The Labute approximate surface area is 140 Å². The third kappa shape index (κ3) is 3.86. The molecule has 2 aromatic rings. The van der Waals surface area contributed by atoms with Gasteiger partial charge < -0.3 is 4.74 Å². The average molecular weight is 420 g/mol. The van der Waals surface area contributed by atoms with E-state index in [0.29, 0.717) is 17.7 Å². The molecule has 2 rings (SSSR count). The van der Waals surface area contributed by atoms with E-state index in [1.807, 2.05) is 17.7 Å². The van der Waals surface area contributed by atoms with Crippen LogP contribution in [-0.2, 0) is 24.9 Å². The van der Waals surface area contributed by atoms with Gasteiger partial charge in [0.15, 0.2) is 0 Å². The number of hydrogen-bond acceptors (Lipinski definition) is 2. The highest BCUT2D eigenvalue weighted by molar-refractivity contribution is 9.10. The van der Waals surface area contributed by atoms with Crippen molar-refractivity contribution in [2.24, 2.45) is 0 Å². The van der Waals surface area contributed by atoms with E-state index in [2.05, 4.69) is 43.9 Å². The van der Waals surface area contributed by atoms with Gasteiger partial charge >= 0.3 is 0 Å². The number of hydrogen-bond donors (Lipinski definition) is 0. The van der Waals surface area contributed by atoms with E-state index in [9.17, 15) is 4.39 Å². The summed E-state index contributed by atoms with van der Waals surface area (Å²) in [5.41, 5.74) is 2.83. The summed E-state index contributed by atoms with van der Waals surface area (Å²) in [6.07, 6.45) is 0.855. The molecule has 0 unspecified atom stereocenters. The van der Waals surface area contributed by atoms with E-state index in [4.69, 9.17) is 4.74 Å². The van der Waals surface area contributed by atoms with Gasteiger partial charge in [0.25, 0.3) is 0 Å². The molecule has 0 N–H and O–H groups in total. The Balaban J connectivity index is 2.20. The number of aromatic nitrogens is 2. The van der Waals surface area contributed by atoms with Crippen LogP contribution in [0.5, 0.6) is 5.75 Å². The zero-order valence-corrected chi connectivity index (χ0v) is 15.2. The highest BCUT2D eigenvalue weighted by atomic mass is 79.9. The van der Waals surface area contributed by atoms with Gasteiger partial charge in [0.1, 0.15) is 18.2 Å². The zero-order valence-electron chi connectivity index (χ0n) is 12.0. The maximum atomic E-state index is 13.5. The molecule has 1 aromatic carbocycles. The molecule has 21 heavy (non-hydrogen) atoms. The first-order valence-electron chi connectivity index (χ1n) is 6.81. The summed E-state index contributed by atoms with van der Waals surface area (Å²) in [6, 6.07) is 4.72. The summed E-state index contributed by atoms with van der Waals surface area (Å²) in [5.74, 6) is 0.234. The van der Waals surface area contributed by atoms with Crippen LogP contribution in [-0.4, -0.2) is 9.78 Å². The second-order valence-electron chi connectivity index (χ2n) is 4.59. The lowest BCUT2D eigenvalue weighted by atomic mass is 10.2. The van der Waals surface area contributed by atoms with Gasteiger partial charge in [-0.1, -0.05) is 22.9 Å². The number of alkyl halides is 1. The molecular weight excluding hydrogens is 403 g/mol. The molecule has 0 fully saturated rings. The Morgan fingerprint density at radius 3 is 2.67 bits per heavy atom. The molecule has 0 spiro atoms. The van der Waals surface area contributed by atoms with Crippen molar-refractivity contribution < 1.29 is 9.13 Å². The van der Waals surface area contributed by atoms with E-state index in [0.717, 1.165) is 34.4 Å². The standard InChI is InChI=1S/C15H17Br2FN2O/c1-3-13-15(17)14(20(4-2)19-13)9-21-12-6-10(8-16)5-11(18)7-12/h5-7H,3-4,8-9H2,1-2H3. The van der Waals surface area contributed by atoms with Crippen molar-refractivity contribution in [3.05, 3.63) is 45.4 Å². The van der Waals surface area contributed by atoms with Crippen LogP contribution in [0.15, 0.2) is 22.7 Å². The second-order valence-corrected chi connectivity index (χ2v) is 5.95. The number of ether oxygens (including phenoxy) is 1. The van der Waals surface area contributed by atoms with Crippen LogP contribution in [0.25, 0.3) is 0 Å². The van der Waals surface area contributed by atoms with Crippen molar-refractivity contribution in [1.82, 2.24) is 9.78 Å². The fraction of sp³-hybridized carbons (Fsp3) is 0.400. The SMILES string of the molecule is CCc1nn(CC)c(COc2cc(F)cc(CBr)c2)c1Br. The molecule has 0 aliphatic rings. The molecule has 6 heteroatoms. The minimum atomic E-state index is -0.292. The Kier molecular flexibility index (Phi) is 5.81. The summed E-state index contributed by atoms with van der Waals surface area (Å²) in [5, 5.41) is 5.11. The van der Waals surface area contributed by atoms with Gasteiger partial charge in [-0.2, -0.15) is 5.10 Å². The Bertz CT molecular complexity index is 628. The lowest BCUT2D eigenvalue weighted by Gasteiger charge is -2.09. The van der Waals surface area contributed by atoms with E-state index in [1.54, 1.807) is 0 Å². The summed E-state index contributed by atoms with van der Waals surface area (Å²) in [7, 11) is 0. The molecule has 0 saturated carbocycles. The van der Waals surface area contributed by atoms with Crippen LogP contribution in [0.3, 0.4) is 0 Å². The van der Waals surface area contributed by atoms with E-state index in [1.165, 1.54) is 12.1 Å². The van der Waals surface area contributed by atoms with Crippen molar-refractivity contribution in [1.29, 1.82) is 0 Å². The highest BCUT2D eigenvalue weighted by Gasteiger charge is 2.14. The predicted molar refractivity (Wildman–Crippen MR) is 88.3 cm³/mol. The third-order valence-electron chi connectivity index (χ3n) is 3.16. The highest BCUT2D eigenvalue weighted by Crippen LogP contribution is 2.25. The molecule has 0 atom stereocenters. The molecule has 0 bridgehead atoms. The van der Waals surface area contributed by atoms with Gasteiger partial charge in [0, 0.05) is 17.9 Å². The van der Waals surface area contributed by atoms with Gasteiger partial charge in [-0.15, -0.1) is 0 Å². The molecule has 0 radical (unpaired) electrons. The predicted octanol–water partition coefficient (Wildman–Crippen LogP) is 4.84. The first-order chi connectivity index (χ1) is 10.1. The molecule has 0 amide bonds. The first kappa shape index (κ1) is 16.5. The van der Waals surface area contributed by atoms with Crippen LogP contribution in [0.1, 0.15) is 30.8 Å². The molecular formula is C15H17Br2FN2O. The fourth-order valence-electron chi connectivity index (χ4n) is 2.09. The minimum absolute atomic E-state index is 0.292. The van der Waals surface area contributed by atoms with Crippen molar-refractivity contribution in [2.45, 2.75) is 38.8 Å². The number of aryl methyl sites for hydroxylation is 2. The van der Waals surface area contributed by atoms with Gasteiger partial charge in [0.05, 0.1) is 15.9 Å². The van der Waals surface area contributed by atoms with E-state index in [-0.39, 0.29) is 5.82 Å². The van der Waals surface area contributed by atoms with Crippen LogP contribution in [0, 0.1) is 5.82 Å². The number of benzene rings is 1. The van der Waals surface area contributed by atoms with Crippen LogP contribution in [0.2, 0.25) is 0 Å². The molecule has 0 saturated heterocycles. The summed E-state index contributed by atoms with van der Waals surface area (Å²) in [6.45, 7) is 5.22. The van der Waals surface area contributed by atoms with Gasteiger partial charge in [-0.3, -0.25) is 4.68 Å². The van der Waals surface area contributed by atoms with E-state index >= 15 is 0 Å². The molecule has 1 heterocycles. The fourth-order valence-corrected chi connectivity index (χ4v) is 3.09. The lowest BCUT2D eigenvalue weighted by Crippen LogP contribution is -2.07. The van der Waals surface area contributed by atoms with Crippen molar-refractivity contribution >= 4 is 31.9 Å². The largest absolute Gasteiger partial charge is 0.487 e. The molecule has 1 aromatic heterocycles. The monoisotopic (exact) mass is 418 g/mol. The first-order valence-corrected chi connectivity index (χ1v) is 8.72. The van der Waals surface area contributed by atoms with Crippen molar-refractivity contribution in [3.8, 4) is 5.75 Å². The third-order valence-corrected chi connectivity index (χ3v) is 4.72. The Hall–Kier alpha value is -0.880. The van der Waals surface area contributed by atoms with Crippen LogP contribution >= 0.6 is 31.9 Å². The minimum Gasteiger partial charge on any atom is -0.487 e. The van der Waals surface area contributed by atoms with Crippen molar-refractivity contribution in [3.63, 3.8) is 0 Å². The Morgan fingerprint density at radius 2 is 2.05 bits per heavy atom. The smallest absolute Gasteiger partial charge is 0.131 e. The number of nitrogens with zero attached hydrogens (tertiary/aromatic N) is 2. The van der Waals surface area contributed by atoms with Gasteiger partial charge in [0.2, 0.25) is 0 Å². The van der Waals surface area contributed by atoms with E-state index < -0.39 is 0 Å². The normalized spacial score (nSPS) is 10.9. The second kappa shape index (κ2) is 7.40. The quantitative estimate of drug-likeness (QED) is 0.626. The average Bonchev–Trinajstić information content (AvgIpc) is 2.80. The summed E-state index contributed by atoms with van der Waals surface area (Å²) >= 11 is 6.90.